The van der Waals surface area contributed by atoms with E-state index in [1.165, 1.54) is 18.4 Å². The third-order valence-electron chi connectivity index (χ3n) is 5.48. The molecule has 0 N–H and O–H groups in total. The van der Waals surface area contributed by atoms with Crippen molar-refractivity contribution in [2.45, 2.75) is 26.4 Å². The summed E-state index contributed by atoms with van der Waals surface area (Å²) >= 11 is 1.30. The molecule has 1 atom stereocenters. The van der Waals surface area contributed by atoms with Crippen LogP contribution in [0.2, 0.25) is 0 Å². The molecule has 9 heteroatoms. The number of anilines is 1. The quantitative estimate of drug-likeness (QED) is 0.552. The van der Waals surface area contributed by atoms with Crippen LogP contribution in [0.4, 0.5) is 5.69 Å². The second-order valence-electron chi connectivity index (χ2n) is 7.63. The highest BCUT2D eigenvalue weighted by atomic mass is 32.1. The Morgan fingerprint density at radius 3 is 2.59 bits per heavy atom. The zero-order valence-electron chi connectivity index (χ0n) is 18.7. The number of benzene rings is 1. The number of rotatable bonds is 5. The van der Waals surface area contributed by atoms with Crippen molar-refractivity contribution in [1.29, 1.82) is 0 Å². The number of nitrogens with zero attached hydrogens (tertiary/aromatic N) is 5. The topological polar surface area (TPSA) is 81.7 Å². The average molecular weight is 452 g/mol. The second-order valence-corrected chi connectivity index (χ2v) is 8.64. The number of ether oxygens (including phenoxy) is 1. The van der Waals surface area contributed by atoms with E-state index in [1.54, 1.807) is 17.7 Å². The van der Waals surface area contributed by atoms with Crippen LogP contribution in [0.1, 0.15) is 31.1 Å². The molecule has 0 bridgehead atoms. The van der Waals surface area contributed by atoms with E-state index in [-0.39, 0.29) is 5.56 Å². The van der Waals surface area contributed by atoms with Crippen molar-refractivity contribution in [3.8, 4) is 0 Å². The monoisotopic (exact) mass is 451 g/mol. The minimum Gasteiger partial charge on any atom is -0.466 e. The first kappa shape index (κ1) is 21.8. The van der Waals surface area contributed by atoms with Crippen molar-refractivity contribution < 1.29 is 9.53 Å². The summed E-state index contributed by atoms with van der Waals surface area (Å²) in [4.78, 5) is 33.4. The van der Waals surface area contributed by atoms with Crippen molar-refractivity contribution >= 4 is 29.1 Å². The number of aryl methyl sites for hydroxylation is 1. The molecule has 1 aliphatic rings. The number of hydrogen-bond acceptors (Lipinski definition) is 7. The summed E-state index contributed by atoms with van der Waals surface area (Å²) in [6.07, 6.45) is 3.53. The number of thiazole rings is 1. The molecule has 0 fully saturated rings. The molecule has 0 saturated carbocycles. The highest BCUT2D eigenvalue weighted by Crippen LogP contribution is 2.31. The minimum absolute atomic E-state index is 0.201. The molecular weight excluding hydrogens is 426 g/mol. The SMILES string of the molecule is CCn1nccc1/C=c1/sc2n(c1=O)[C@@H](c1ccc(N(C)C)cc1)C(C(=O)OC)=C(C)N=2. The van der Waals surface area contributed by atoms with Gasteiger partial charge in [-0.25, -0.2) is 9.79 Å². The Balaban J connectivity index is 1.95. The Bertz CT molecular complexity index is 1380. The van der Waals surface area contributed by atoms with Crippen LogP contribution < -0.4 is 19.8 Å². The van der Waals surface area contributed by atoms with Gasteiger partial charge >= 0.3 is 5.97 Å². The number of hydrogen-bond donors (Lipinski definition) is 0. The molecule has 3 heterocycles. The summed E-state index contributed by atoms with van der Waals surface area (Å²) < 4.78 is 9.00. The number of esters is 1. The van der Waals surface area contributed by atoms with Gasteiger partial charge in [0.05, 0.1) is 34.6 Å². The summed E-state index contributed by atoms with van der Waals surface area (Å²) in [6, 6.07) is 9.05. The number of allylic oxidation sites excluding steroid dienone is 1. The molecule has 0 spiro atoms. The van der Waals surface area contributed by atoms with Gasteiger partial charge in [-0.1, -0.05) is 23.5 Å². The van der Waals surface area contributed by atoms with E-state index < -0.39 is 12.0 Å². The van der Waals surface area contributed by atoms with Crippen LogP contribution in [0.5, 0.6) is 0 Å². The van der Waals surface area contributed by atoms with Gasteiger partial charge in [-0.3, -0.25) is 14.0 Å². The number of carbonyl (C=O) groups is 1. The fourth-order valence-electron chi connectivity index (χ4n) is 3.83. The third-order valence-corrected chi connectivity index (χ3v) is 6.46. The van der Waals surface area contributed by atoms with E-state index in [4.69, 9.17) is 4.74 Å². The molecule has 4 rings (SSSR count). The van der Waals surface area contributed by atoms with E-state index >= 15 is 0 Å². The van der Waals surface area contributed by atoms with Gasteiger partial charge in [0.2, 0.25) is 0 Å². The Morgan fingerprint density at radius 2 is 1.97 bits per heavy atom. The van der Waals surface area contributed by atoms with Gasteiger partial charge in [0.15, 0.2) is 4.80 Å². The number of methoxy groups -OCH3 is 1. The first-order valence-corrected chi connectivity index (χ1v) is 11.1. The molecule has 2 aromatic heterocycles. The van der Waals surface area contributed by atoms with Crippen LogP contribution in [-0.4, -0.2) is 41.5 Å². The molecule has 0 saturated heterocycles. The summed E-state index contributed by atoms with van der Waals surface area (Å²) in [6.45, 7) is 4.47. The fourth-order valence-corrected chi connectivity index (χ4v) is 4.86. The molecule has 166 valence electrons. The average Bonchev–Trinajstić information content (AvgIpc) is 3.36. The third kappa shape index (κ3) is 3.69. The smallest absolute Gasteiger partial charge is 0.338 e. The lowest BCUT2D eigenvalue weighted by Crippen LogP contribution is -2.39. The Labute approximate surface area is 189 Å². The predicted octanol–water partition coefficient (Wildman–Crippen LogP) is 1.69. The van der Waals surface area contributed by atoms with Crippen LogP contribution >= 0.6 is 11.3 Å². The van der Waals surface area contributed by atoms with E-state index in [0.717, 1.165) is 16.9 Å². The fraction of sp³-hybridized carbons (Fsp3) is 0.304. The highest BCUT2D eigenvalue weighted by molar-refractivity contribution is 7.07. The highest BCUT2D eigenvalue weighted by Gasteiger charge is 2.33. The van der Waals surface area contributed by atoms with Gasteiger partial charge < -0.3 is 9.64 Å². The second kappa shape index (κ2) is 8.58. The minimum atomic E-state index is -0.617. The summed E-state index contributed by atoms with van der Waals surface area (Å²) in [5.41, 5.74) is 3.39. The Morgan fingerprint density at radius 1 is 1.25 bits per heavy atom. The molecule has 0 unspecified atom stereocenters. The van der Waals surface area contributed by atoms with Gasteiger partial charge in [-0.15, -0.1) is 0 Å². The van der Waals surface area contributed by atoms with Crippen LogP contribution in [0.3, 0.4) is 0 Å². The maximum absolute atomic E-state index is 13.5. The van der Waals surface area contributed by atoms with Crippen molar-refractivity contribution in [2.24, 2.45) is 4.99 Å². The standard InChI is InChI=1S/C23H25N5O3S/c1-6-27-17(11-12-24-27)13-18-21(29)28-20(15-7-9-16(10-8-15)26(3)4)19(22(30)31-5)14(2)25-23(28)32-18/h7-13,20H,6H2,1-5H3/b18-13+/t20-/m0/s1. The maximum Gasteiger partial charge on any atom is 0.338 e. The van der Waals surface area contributed by atoms with Gasteiger partial charge in [0.1, 0.15) is 0 Å². The molecule has 1 aromatic carbocycles. The zero-order chi connectivity index (χ0) is 23.0. The van der Waals surface area contributed by atoms with Crippen LogP contribution in [0.25, 0.3) is 6.08 Å². The first-order chi connectivity index (χ1) is 15.3. The summed E-state index contributed by atoms with van der Waals surface area (Å²) in [7, 11) is 5.26. The Hall–Kier alpha value is -3.46. The van der Waals surface area contributed by atoms with Crippen LogP contribution in [0.15, 0.2) is 57.6 Å². The molecule has 0 aliphatic carbocycles. The van der Waals surface area contributed by atoms with Crippen LogP contribution in [0, 0.1) is 0 Å². The number of carbonyl (C=O) groups excluding carboxylic acids is 1. The van der Waals surface area contributed by atoms with E-state index in [0.29, 0.717) is 27.1 Å². The lowest BCUT2D eigenvalue weighted by molar-refractivity contribution is -0.136. The molecule has 0 radical (unpaired) electrons. The van der Waals surface area contributed by atoms with Crippen molar-refractivity contribution in [2.75, 3.05) is 26.1 Å². The number of fused-ring (bicyclic) bond motifs is 1. The summed E-state index contributed by atoms with van der Waals surface area (Å²) in [5.74, 6) is -0.494. The molecular formula is C23H25N5O3S. The van der Waals surface area contributed by atoms with Crippen LogP contribution in [-0.2, 0) is 16.1 Å². The predicted molar refractivity (Wildman–Crippen MR) is 124 cm³/mol. The van der Waals surface area contributed by atoms with Crippen molar-refractivity contribution in [1.82, 2.24) is 14.3 Å². The largest absolute Gasteiger partial charge is 0.466 e. The van der Waals surface area contributed by atoms with Crippen molar-refractivity contribution in [3.63, 3.8) is 0 Å². The lowest BCUT2D eigenvalue weighted by atomic mass is 9.95. The molecule has 3 aromatic rings. The van der Waals surface area contributed by atoms with E-state index in [2.05, 4.69) is 10.1 Å². The molecule has 8 nitrogen and oxygen atoms in total. The van der Waals surface area contributed by atoms with E-state index in [1.807, 2.05) is 67.0 Å². The van der Waals surface area contributed by atoms with Gasteiger partial charge in [-0.05, 0) is 43.7 Å². The zero-order valence-corrected chi connectivity index (χ0v) is 19.5. The first-order valence-electron chi connectivity index (χ1n) is 10.3. The van der Waals surface area contributed by atoms with Gasteiger partial charge in [-0.2, -0.15) is 5.10 Å². The molecule has 32 heavy (non-hydrogen) atoms. The normalized spacial score (nSPS) is 16.0. The van der Waals surface area contributed by atoms with Crippen molar-refractivity contribution in [3.05, 3.63) is 78.7 Å². The van der Waals surface area contributed by atoms with Gasteiger partial charge in [0, 0.05) is 32.5 Å². The van der Waals surface area contributed by atoms with Gasteiger partial charge in [0.25, 0.3) is 5.56 Å². The maximum atomic E-state index is 13.5. The lowest BCUT2D eigenvalue weighted by Gasteiger charge is -2.25. The molecule has 1 aliphatic heterocycles. The van der Waals surface area contributed by atoms with E-state index in [9.17, 15) is 9.59 Å². The summed E-state index contributed by atoms with van der Waals surface area (Å²) in [5, 5.41) is 4.27. The Kier molecular flexibility index (Phi) is 5.84. The number of aromatic nitrogens is 3. The molecule has 0 amide bonds.